The normalized spacial score (nSPS) is 15.8. The van der Waals surface area contributed by atoms with Crippen molar-refractivity contribution in [3.05, 3.63) is 27.8 Å². The summed E-state index contributed by atoms with van der Waals surface area (Å²) >= 11 is 2.88. The second kappa shape index (κ2) is 7.70. The number of aryl methyl sites for hydroxylation is 1. The predicted molar refractivity (Wildman–Crippen MR) is 100 cm³/mol. The van der Waals surface area contributed by atoms with Crippen molar-refractivity contribution in [1.82, 2.24) is 24.9 Å². The Labute approximate surface area is 153 Å². The lowest BCUT2D eigenvalue weighted by atomic mass is 9.86. The van der Waals surface area contributed by atoms with E-state index in [1.807, 2.05) is 5.38 Å². The summed E-state index contributed by atoms with van der Waals surface area (Å²) in [6, 6.07) is 0. The third-order valence-corrected chi connectivity index (χ3v) is 6.50. The van der Waals surface area contributed by atoms with Crippen LogP contribution in [-0.4, -0.2) is 24.9 Å². The summed E-state index contributed by atoms with van der Waals surface area (Å²) in [6.07, 6.45) is 11.9. The minimum Gasteiger partial charge on any atom is -0.336 e. The third kappa shape index (κ3) is 4.12. The number of H-pyrrole nitrogens is 2. The van der Waals surface area contributed by atoms with Gasteiger partial charge in [0, 0.05) is 18.0 Å². The van der Waals surface area contributed by atoms with Gasteiger partial charge in [0.05, 0.1) is 0 Å². The van der Waals surface area contributed by atoms with Crippen LogP contribution in [0.4, 0.5) is 0 Å². The molecule has 0 spiro atoms. The van der Waals surface area contributed by atoms with Crippen LogP contribution in [0.5, 0.6) is 0 Å². The van der Waals surface area contributed by atoms with E-state index < -0.39 is 0 Å². The van der Waals surface area contributed by atoms with Crippen LogP contribution >= 0.6 is 23.1 Å². The van der Waals surface area contributed by atoms with E-state index in [-0.39, 0.29) is 5.56 Å². The average Bonchev–Trinajstić information content (AvgIpc) is 3.26. The molecule has 3 heterocycles. The molecule has 0 aromatic carbocycles. The van der Waals surface area contributed by atoms with Gasteiger partial charge in [-0.2, -0.15) is 0 Å². The Morgan fingerprint density at radius 1 is 1.20 bits per heavy atom. The molecule has 6 nitrogen and oxygen atoms in total. The van der Waals surface area contributed by atoms with E-state index in [0.29, 0.717) is 16.3 Å². The first-order valence-electron chi connectivity index (χ1n) is 8.84. The average molecular weight is 376 g/mol. The molecule has 1 saturated carbocycles. The number of aromatic nitrogens is 5. The van der Waals surface area contributed by atoms with E-state index in [1.165, 1.54) is 61.6 Å². The first-order valence-corrected chi connectivity index (χ1v) is 10.5. The summed E-state index contributed by atoms with van der Waals surface area (Å²) in [6.45, 7) is 0. The molecule has 0 unspecified atom stereocenters. The number of nitrogens with zero attached hydrogens (tertiary/aromatic N) is 3. The van der Waals surface area contributed by atoms with E-state index in [2.05, 4.69) is 24.9 Å². The van der Waals surface area contributed by atoms with Gasteiger partial charge in [0.25, 0.3) is 5.56 Å². The van der Waals surface area contributed by atoms with Crippen molar-refractivity contribution in [3.8, 4) is 0 Å². The molecule has 25 heavy (non-hydrogen) atoms. The highest BCUT2D eigenvalue weighted by Gasteiger charge is 2.14. The zero-order chi connectivity index (χ0) is 17.1. The Morgan fingerprint density at radius 3 is 2.88 bits per heavy atom. The van der Waals surface area contributed by atoms with Crippen molar-refractivity contribution in [3.63, 3.8) is 0 Å². The van der Waals surface area contributed by atoms with E-state index in [1.54, 1.807) is 6.20 Å². The quantitative estimate of drug-likeness (QED) is 0.632. The fraction of sp³-hybridized carbons (Fsp3) is 0.529. The minimum atomic E-state index is -0.171. The highest BCUT2D eigenvalue weighted by molar-refractivity contribution is 8.00. The number of imidazole rings is 1. The van der Waals surface area contributed by atoms with Gasteiger partial charge in [0.1, 0.15) is 5.82 Å². The first kappa shape index (κ1) is 16.8. The van der Waals surface area contributed by atoms with Crippen molar-refractivity contribution in [2.45, 2.75) is 60.9 Å². The molecule has 1 aliphatic carbocycles. The lowest BCUT2D eigenvalue weighted by Crippen LogP contribution is -2.09. The molecule has 3 aromatic heterocycles. The molecule has 0 aliphatic heterocycles. The number of hydrogen-bond donors (Lipinski definition) is 2. The van der Waals surface area contributed by atoms with E-state index >= 15 is 0 Å². The predicted octanol–water partition coefficient (Wildman–Crippen LogP) is 4.16. The summed E-state index contributed by atoms with van der Waals surface area (Å²) in [7, 11) is 0. The van der Waals surface area contributed by atoms with E-state index in [9.17, 15) is 4.79 Å². The zero-order valence-corrected chi connectivity index (χ0v) is 15.6. The second-order valence-electron chi connectivity index (χ2n) is 6.55. The molecule has 0 radical (unpaired) electrons. The highest BCUT2D eigenvalue weighted by atomic mass is 32.2. The molecule has 1 fully saturated rings. The second-order valence-corrected chi connectivity index (χ2v) is 8.68. The molecule has 0 atom stereocenters. The molecule has 3 aromatic rings. The number of nitrogens with one attached hydrogen (secondary N) is 2. The Balaban J connectivity index is 1.44. The monoisotopic (exact) mass is 375 g/mol. The number of rotatable bonds is 6. The van der Waals surface area contributed by atoms with Crippen LogP contribution in [0.1, 0.15) is 50.8 Å². The van der Waals surface area contributed by atoms with Crippen LogP contribution in [0.3, 0.4) is 0 Å². The molecule has 8 heteroatoms. The van der Waals surface area contributed by atoms with Crippen LogP contribution in [0.2, 0.25) is 0 Å². The minimum absolute atomic E-state index is 0.171. The summed E-state index contributed by atoms with van der Waals surface area (Å²) in [4.78, 5) is 31.4. The van der Waals surface area contributed by atoms with Gasteiger partial charge < -0.3 is 4.98 Å². The first-order chi connectivity index (χ1) is 12.3. The van der Waals surface area contributed by atoms with Gasteiger partial charge in [-0.15, -0.1) is 11.3 Å². The topological polar surface area (TPSA) is 87.3 Å². The Morgan fingerprint density at radius 2 is 2.08 bits per heavy atom. The SMILES string of the molecule is O=c1[nH]c(Sc2nccs2)nc2nc(CCCC3CCCCC3)[nH]c12. The maximum atomic E-state index is 12.3. The van der Waals surface area contributed by atoms with Gasteiger partial charge in [-0.25, -0.2) is 15.0 Å². The van der Waals surface area contributed by atoms with E-state index in [4.69, 9.17) is 0 Å². The largest absolute Gasteiger partial charge is 0.336 e. The number of fused-ring (bicyclic) bond motifs is 1. The van der Waals surface area contributed by atoms with Crippen LogP contribution in [0.25, 0.3) is 11.2 Å². The lowest BCUT2D eigenvalue weighted by Gasteiger charge is -2.20. The summed E-state index contributed by atoms with van der Waals surface area (Å²) in [5.74, 6) is 1.74. The molecule has 2 N–H and O–H groups in total. The molecule has 4 rings (SSSR count). The fourth-order valence-corrected chi connectivity index (χ4v) is 4.99. The van der Waals surface area contributed by atoms with Crippen LogP contribution < -0.4 is 5.56 Å². The van der Waals surface area contributed by atoms with Gasteiger partial charge in [0.15, 0.2) is 20.7 Å². The van der Waals surface area contributed by atoms with Gasteiger partial charge in [0.2, 0.25) is 0 Å². The number of hydrogen-bond acceptors (Lipinski definition) is 6. The molecular weight excluding hydrogens is 354 g/mol. The molecule has 1 aliphatic rings. The van der Waals surface area contributed by atoms with Gasteiger partial charge in [-0.1, -0.05) is 38.5 Å². The number of aromatic amines is 2. The Bertz CT molecular complexity index is 880. The maximum Gasteiger partial charge on any atom is 0.277 e. The van der Waals surface area contributed by atoms with Crippen molar-refractivity contribution in [2.24, 2.45) is 5.92 Å². The van der Waals surface area contributed by atoms with Gasteiger partial charge in [-0.3, -0.25) is 9.78 Å². The Kier molecular flexibility index (Phi) is 5.17. The van der Waals surface area contributed by atoms with Crippen LogP contribution in [0.15, 0.2) is 25.9 Å². The molecule has 0 bridgehead atoms. The van der Waals surface area contributed by atoms with Crippen molar-refractivity contribution < 1.29 is 0 Å². The van der Waals surface area contributed by atoms with Crippen molar-refractivity contribution >= 4 is 34.3 Å². The van der Waals surface area contributed by atoms with Crippen LogP contribution in [0, 0.1) is 5.92 Å². The summed E-state index contributed by atoms with van der Waals surface area (Å²) in [5.41, 5.74) is 0.793. The van der Waals surface area contributed by atoms with Gasteiger partial charge in [-0.05, 0) is 24.1 Å². The van der Waals surface area contributed by atoms with Crippen molar-refractivity contribution in [1.29, 1.82) is 0 Å². The molecule has 0 amide bonds. The smallest absolute Gasteiger partial charge is 0.277 e. The van der Waals surface area contributed by atoms with Gasteiger partial charge >= 0.3 is 0 Å². The Hall–Kier alpha value is -1.67. The lowest BCUT2D eigenvalue weighted by molar-refractivity contribution is 0.332. The highest BCUT2D eigenvalue weighted by Crippen LogP contribution is 2.28. The zero-order valence-electron chi connectivity index (χ0n) is 14.0. The molecule has 132 valence electrons. The molecular formula is C17H21N5OS2. The third-order valence-electron chi connectivity index (χ3n) is 4.73. The number of thiazole rings is 1. The van der Waals surface area contributed by atoms with E-state index in [0.717, 1.165) is 28.9 Å². The summed E-state index contributed by atoms with van der Waals surface area (Å²) < 4.78 is 0.853. The molecule has 0 saturated heterocycles. The standard InChI is InChI=1S/C17H21N5OS2/c23-15-13-14(21-16(22-15)25-17-18-9-10-24-17)20-12(19-13)8-4-7-11-5-2-1-3-6-11/h9-11H,1-8H2,(H2,19,20,21,22,23). The maximum absolute atomic E-state index is 12.3. The van der Waals surface area contributed by atoms with Crippen molar-refractivity contribution in [2.75, 3.05) is 0 Å². The fourth-order valence-electron chi connectivity index (χ4n) is 3.48. The summed E-state index contributed by atoms with van der Waals surface area (Å²) in [5, 5.41) is 2.44. The van der Waals surface area contributed by atoms with Crippen LogP contribution in [-0.2, 0) is 6.42 Å².